The first-order valence-electron chi connectivity index (χ1n) is 13.3. The van der Waals surface area contributed by atoms with Crippen LogP contribution in [-0.2, 0) is 26.2 Å². The molecular formula is C30H35Cl2N3O5S. The fourth-order valence-electron chi connectivity index (χ4n) is 4.08. The second-order valence-corrected chi connectivity index (χ2v) is 12.1. The highest BCUT2D eigenvalue weighted by atomic mass is 35.5. The van der Waals surface area contributed by atoms with Gasteiger partial charge in [0.25, 0.3) is 10.0 Å². The van der Waals surface area contributed by atoms with Crippen molar-refractivity contribution in [3.05, 3.63) is 88.4 Å². The number of carbonyl (C=O) groups excluding carboxylic acids is 2. The Morgan fingerprint density at radius 2 is 1.51 bits per heavy atom. The summed E-state index contributed by atoms with van der Waals surface area (Å²) in [4.78, 5) is 28.6. The molecule has 0 heterocycles. The number of rotatable bonds is 13. The average molecular weight is 621 g/mol. The molecule has 2 atom stereocenters. The summed E-state index contributed by atoms with van der Waals surface area (Å²) >= 11 is 12.9. The van der Waals surface area contributed by atoms with Crippen molar-refractivity contribution < 1.29 is 22.7 Å². The van der Waals surface area contributed by atoms with Crippen LogP contribution in [0.2, 0.25) is 10.0 Å². The van der Waals surface area contributed by atoms with Crippen molar-refractivity contribution >= 4 is 50.7 Å². The summed E-state index contributed by atoms with van der Waals surface area (Å²) in [7, 11) is -4.23. The van der Waals surface area contributed by atoms with Crippen LogP contribution in [0.25, 0.3) is 0 Å². The summed E-state index contributed by atoms with van der Waals surface area (Å²) in [6, 6.07) is 18.3. The molecule has 0 aliphatic rings. The molecule has 41 heavy (non-hydrogen) atoms. The van der Waals surface area contributed by atoms with E-state index in [-0.39, 0.29) is 35.7 Å². The molecule has 1 N–H and O–H groups in total. The lowest BCUT2D eigenvalue weighted by molar-refractivity contribution is -0.139. The van der Waals surface area contributed by atoms with Crippen LogP contribution in [-0.4, -0.2) is 50.4 Å². The van der Waals surface area contributed by atoms with Gasteiger partial charge in [-0.1, -0.05) is 66.5 Å². The topological polar surface area (TPSA) is 96.0 Å². The highest BCUT2D eigenvalue weighted by Crippen LogP contribution is 2.33. The van der Waals surface area contributed by atoms with E-state index in [1.165, 1.54) is 17.0 Å². The van der Waals surface area contributed by atoms with E-state index in [0.717, 1.165) is 4.31 Å². The molecule has 0 radical (unpaired) electrons. The maximum absolute atomic E-state index is 14.1. The molecule has 8 nitrogen and oxygen atoms in total. The predicted octanol–water partition coefficient (Wildman–Crippen LogP) is 5.92. The summed E-state index contributed by atoms with van der Waals surface area (Å²) in [5.41, 5.74) is 0.638. The second kappa shape index (κ2) is 14.6. The van der Waals surface area contributed by atoms with Gasteiger partial charge in [0.1, 0.15) is 18.3 Å². The number of benzene rings is 3. The van der Waals surface area contributed by atoms with Crippen LogP contribution in [0.3, 0.4) is 0 Å². The zero-order valence-electron chi connectivity index (χ0n) is 23.5. The Morgan fingerprint density at radius 1 is 0.902 bits per heavy atom. The van der Waals surface area contributed by atoms with Crippen molar-refractivity contribution in [1.29, 1.82) is 0 Å². The lowest BCUT2D eigenvalue weighted by Crippen LogP contribution is -2.52. The van der Waals surface area contributed by atoms with E-state index in [9.17, 15) is 18.0 Å². The highest BCUT2D eigenvalue weighted by molar-refractivity contribution is 7.92. The van der Waals surface area contributed by atoms with E-state index in [2.05, 4.69) is 5.32 Å². The summed E-state index contributed by atoms with van der Waals surface area (Å²) in [5, 5.41) is 3.54. The number of nitrogens with one attached hydrogen (secondary N) is 1. The van der Waals surface area contributed by atoms with Gasteiger partial charge in [0.05, 0.1) is 17.2 Å². The zero-order valence-corrected chi connectivity index (χ0v) is 25.8. The average Bonchev–Trinajstić information content (AvgIpc) is 2.96. The van der Waals surface area contributed by atoms with E-state index >= 15 is 0 Å². The summed E-state index contributed by atoms with van der Waals surface area (Å²) in [5.74, 6) is -0.716. The van der Waals surface area contributed by atoms with Crippen LogP contribution in [0.1, 0.15) is 39.7 Å². The number of anilines is 1. The smallest absolute Gasteiger partial charge is 0.264 e. The van der Waals surface area contributed by atoms with Crippen LogP contribution < -0.4 is 14.4 Å². The van der Waals surface area contributed by atoms with Gasteiger partial charge in [-0.25, -0.2) is 8.42 Å². The van der Waals surface area contributed by atoms with Crippen molar-refractivity contribution in [2.75, 3.05) is 17.5 Å². The van der Waals surface area contributed by atoms with Crippen LogP contribution in [0, 0.1) is 0 Å². The van der Waals surface area contributed by atoms with E-state index in [1.54, 1.807) is 74.5 Å². The third kappa shape index (κ3) is 7.93. The zero-order chi connectivity index (χ0) is 30.2. The van der Waals surface area contributed by atoms with Crippen LogP contribution in [0.5, 0.6) is 5.75 Å². The Morgan fingerprint density at radius 3 is 2.12 bits per heavy atom. The van der Waals surface area contributed by atoms with Crippen LogP contribution in [0.4, 0.5) is 5.69 Å². The quantitative estimate of drug-likeness (QED) is 0.256. The number of amides is 2. The third-order valence-corrected chi connectivity index (χ3v) is 9.08. The van der Waals surface area contributed by atoms with Crippen molar-refractivity contribution in [3.8, 4) is 5.75 Å². The molecule has 0 saturated heterocycles. The van der Waals surface area contributed by atoms with Gasteiger partial charge in [0.15, 0.2) is 0 Å². The third-order valence-electron chi connectivity index (χ3n) is 6.60. The number of nitrogens with zero attached hydrogens (tertiary/aromatic N) is 2. The molecule has 0 saturated carbocycles. The van der Waals surface area contributed by atoms with Gasteiger partial charge in [0.2, 0.25) is 11.8 Å². The number of halogens is 2. The minimum Gasteiger partial charge on any atom is -0.492 e. The lowest BCUT2D eigenvalue weighted by Gasteiger charge is -2.33. The minimum atomic E-state index is -4.23. The Bertz CT molecular complexity index is 1430. The Kier molecular flexibility index (Phi) is 11.5. The molecule has 3 aromatic rings. The normalized spacial score (nSPS) is 12.7. The van der Waals surface area contributed by atoms with E-state index < -0.39 is 28.5 Å². The molecule has 11 heteroatoms. The Balaban J connectivity index is 2.10. The maximum Gasteiger partial charge on any atom is 0.264 e. The molecule has 0 spiro atoms. The number of para-hydroxylation sites is 2. The first-order chi connectivity index (χ1) is 19.5. The molecule has 0 aliphatic heterocycles. The van der Waals surface area contributed by atoms with E-state index in [0.29, 0.717) is 27.8 Å². The summed E-state index contributed by atoms with van der Waals surface area (Å²) < 4.78 is 34.7. The Labute approximate surface area is 252 Å². The molecule has 0 aromatic heterocycles. The Hall–Kier alpha value is -3.27. The molecule has 0 unspecified atom stereocenters. The van der Waals surface area contributed by atoms with Gasteiger partial charge < -0.3 is 15.0 Å². The van der Waals surface area contributed by atoms with Crippen molar-refractivity contribution in [2.45, 2.75) is 57.6 Å². The van der Waals surface area contributed by atoms with Crippen molar-refractivity contribution in [3.63, 3.8) is 0 Å². The second-order valence-electron chi connectivity index (χ2n) is 9.44. The van der Waals surface area contributed by atoms with E-state index in [4.69, 9.17) is 27.9 Å². The minimum absolute atomic E-state index is 0.00219. The summed E-state index contributed by atoms with van der Waals surface area (Å²) in [6.07, 6.45) is 0.695. The number of ether oxygens (including phenoxy) is 1. The SMILES string of the molecule is CCOc1ccccc1N(CC(=O)N(Cc1c(Cl)cccc1Cl)[C@@H](C)C(=O)N[C@@H](C)CC)S(=O)(=O)c1ccccc1. The molecule has 0 bridgehead atoms. The molecule has 0 fully saturated rings. The molecule has 3 aromatic carbocycles. The monoisotopic (exact) mass is 619 g/mol. The van der Waals surface area contributed by atoms with Gasteiger partial charge >= 0.3 is 0 Å². The van der Waals surface area contributed by atoms with E-state index in [1.807, 2.05) is 13.8 Å². The van der Waals surface area contributed by atoms with Crippen molar-refractivity contribution in [1.82, 2.24) is 10.2 Å². The molecule has 2 amide bonds. The highest BCUT2D eigenvalue weighted by Gasteiger charge is 2.34. The number of hydrogen-bond donors (Lipinski definition) is 1. The van der Waals surface area contributed by atoms with Crippen LogP contribution in [0.15, 0.2) is 77.7 Å². The maximum atomic E-state index is 14.1. The first-order valence-corrected chi connectivity index (χ1v) is 15.5. The van der Waals surface area contributed by atoms with Crippen LogP contribution >= 0.6 is 23.2 Å². The first kappa shape index (κ1) is 32.2. The molecular weight excluding hydrogens is 585 g/mol. The fourth-order valence-corrected chi connectivity index (χ4v) is 6.04. The van der Waals surface area contributed by atoms with Crippen molar-refractivity contribution in [2.24, 2.45) is 0 Å². The van der Waals surface area contributed by atoms with Gasteiger partial charge in [-0.2, -0.15) is 0 Å². The predicted molar refractivity (Wildman–Crippen MR) is 163 cm³/mol. The molecule has 3 rings (SSSR count). The number of hydrogen-bond acceptors (Lipinski definition) is 5. The molecule has 220 valence electrons. The van der Waals surface area contributed by atoms with Gasteiger partial charge in [-0.3, -0.25) is 13.9 Å². The fraction of sp³-hybridized carbons (Fsp3) is 0.333. The summed E-state index contributed by atoms with van der Waals surface area (Å²) in [6.45, 7) is 6.73. The largest absolute Gasteiger partial charge is 0.492 e. The standard InChI is InChI=1S/C30H35Cl2N3O5S/c1-5-21(3)33-30(37)22(4)34(19-24-25(31)15-12-16-26(24)32)29(36)20-35(27-17-10-11-18-28(27)40-6-2)41(38,39)23-13-8-7-9-14-23/h7-18,21-22H,5-6,19-20H2,1-4H3,(H,33,37)/t21-,22-/m0/s1. The lowest BCUT2D eigenvalue weighted by atomic mass is 10.1. The van der Waals surface area contributed by atoms with Gasteiger partial charge in [-0.05, 0) is 63.6 Å². The number of carbonyl (C=O) groups is 2. The van der Waals surface area contributed by atoms with Gasteiger partial charge in [0, 0.05) is 28.2 Å². The number of sulfonamides is 1. The molecule has 0 aliphatic carbocycles. The van der Waals surface area contributed by atoms with Gasteiger partial charge in [-0.15, -0.1) is 0 Å².